The zero-order valence-corrected chi connectivity index (χ0v) is 15.1. The highest BCUT2D eigenvalue weighted by Crippen LogP contribution is 2.48. The molecule has 150 valence electrons. The average Bonchev–Trinajstić information content (AvgIpc) is 2.44. The third kappa shape index (κ3) is 7.62. The highest BCUT2D eigenvalue weighted by atomic mass is 32.2. The molecule has 25 heavy (non-hydrogen) atoms. The first-order valence-electron chi connectivity index (χ1n) is 7.90. The molecule has 0 amide bonds. The minimum Gasteiger partial charge on any atom is -0.462 e. The second kappa shape index (κ2) is 9.87. The van der Waals surface area contributed by atoms with Gasteiger partial charge in [0.1, 0.15) is 5.25 Å². The molecule has 0 aromatic heterocycles. The number of thioether (sulfide) groups is 1. The average molecular weight is 400 g/mol. The molecule has 0 saturated carbocycles. The molecule has 0 aromatic carbocycles. The molecule has 0 spiro atoms. The van der Waals surface area contributed by atoms with Crippen molar-refractivity contribution < 1.29 is 40.3 Å². The van der Waals surface area contributed by atoms with Crippen molar-refractivity contribution in [2.75, 3.05) is 5.75 Å². The fraction of sp³-hybridized carbons (Fsp3) is 0.933. The van der Waals surface area contributed by atoms with Crippen molar-refractivity contribution in [3.63, 3.8) is 0 Å². The molecule has 0 N–H and O–H groups in total. The summed E-state index contributed by atoms with van der Waals surface area (Å²) in [6, 6.07) is 0. The first-order chi connectivity index (χ1) is 11.3. The third-order valence-electron chi connectivity index (χ3n) is 3.20. The Hall–Kier alpha value is -0.670. The zero-order valence-electron chi connectivity index (χ0n) is 14.3. The standard InChI is InChI=1S/C15H23F7O2S/c1-4-5-7-11(12(23)24-10(2)3)25-9-6-8-13(16,17)14(18,19)15(20,21)22/h10-11H,4-9H2,1-3H3. The third-order valence-corrected chi connectivity index (χ3v) is 4.56. The Kier molecular flexibility index (Phi) is 9.61. The Morgan fingerprint density at radius 2 is 1.60 bits per heavy atom. The highest BCUT2D eigenvalue weighted by molar-refractivity contribution is 8.00. The Balaban J connectivity index is 4.60. The topological polar surface area (TPSA) is 26.3 Å². The minimum atomic E-state index is -6.31. The lowest BCUT2D eigenvalue weighted by Crippen LogP contribution is -2.51. The molecule has 0 fully saturated rings. The van der Waals surface area contributed by atoms with Gasteiger partial charge in [-0.25, -0.2) is 0 Å². The van der Waals surface area contributed by atoms with Gasteiger partial charge in [0.25, 0.3) is 0 Å². The van der Waals surface area contributed by atoms with Crippen molar-refractivity contribution in [1.82, 2.24) is 0 Å². The van der Waals surface area contributed by atoms with E-state index in [9.17, 15) is 35.5 Å². The van der Waals surface area contributed by atoms with E-state index in [0.29, 0.717) is 12.8 Å². The number of ether oxygens (including phenoxy) is 1. The molecule has 0 saturated heterocycles. The van der Waals surface area contributed by atoms with Crippen molar-refractivity contribution in [3.8, 4) is 0 Å². The van der Waals surface area contributed by atoms with Gasteiger partial charge in [0.2, 0.25) is 0 Å². The molecule has 10 heteroatoms. The first kappa shape index (κ1) is 24.3. The smallest absolute Gasteiger partial charge is 0.459 e. The van der Waals surface area contributed by atoms with Crippen LogP contribution in [0.1, 0.15) is 52.9 Å². The van der Waals surface area contributed by atoms with Gasteiger partial charge >= 0.3 is 24.0 Å². The maximum Gasteiger partial charge on any atom is 0.459 e. The number of unbranched alkanes of at least 4 members (excludes halogenated alkanes) is 1. The number of hydrogen-bond acceptors (Lipinski definition) is 3. The Labute approximate surface area is 146 Å². The maximum atomic E-state index is 13.2. The lowest BCUT2D eigenvalue weighted by atomic mass is 10.1. The monoisotopic (exact) mass is 400 g/mol. The number of halogens is 7. The molecular formula is C15H23F7O2S. The van der Waals surface area contributed by atoms with Crippen LogP contribution in [0.5, 0.6) is 0 Å². The number of hydrogen-bond donors (Lipinski definition) is 0. The maximum absolute atomic E-state index is 13.2. The summed E-state index contributed by atoms with van der Waals surface area (Å²) >= 11 is 0.936. The van der Waals surface area contributed by atoms with Crippen LogP contribution < -0.4 is 0 Å². The summed E-state index contributed by atoms with van der Waals surface area (Å²) in [7, 11) is 0. The van der Waals surface area contributed by atoms with Crippen molar-refractivity contribution in [1.29, 1.82) is 0 Å². The Bertz CT molecular complexity index is 411. The summed E-state index contributed by atoms with van der Waals surface area (Å²) in [5.74, 6) is -12.0. The molecule has 0 aliphatic carbocycles. The molecule has 0 heterocycles. The van der Waals surface area contributed by atoms with Crippen LogP contribution >= 0.6 is 11.8 Å². The van der Waals surface area contributed by atoms with E-state index in [1.165, 1.54) is 0 Å². The van der Waals surface area contributed by atoms with E-state index in [-0.39, 0.29) is 11.9 Å². The van der Waals surface area contributed by atoms with Crippen LogP contribution in [0, 0.1) is 0 Å². The van der Waals surface area contributed by atoms with Crippen LogP contribution in [-0.2, 0) is 9.53 Å². The van der Waals surface area contributed by atoms with Crippen LogP contribution in [0.15, 0.2) is 0 Å². The quantitative estimate of drug-likeness (QED) is 0.247. The molecule has 1 atom stereocenters. The Morgan fingerprint density at radius 3 is 2.04 bits per heavy atom. The van der Waals surface area contributed by atoms with E-state index in [4.69, 9.17) is 4.74 Å². The van der Waals surface area contributed by atoms with E-state index in [1.54, 1.807) is 13.8 Å². The zero-order chi connectivity index (χ0) is 19.9. The Morgan fingerprint density at radius 1 is 1.04 bits per heavy atom. The minimum absolute atomic E-state index is 0.148. The van der Waals surface area contributed by atoms with E-state index < -0.39 is 42.1 Å². The lowest BCUT2D eigenvalue weighted by molar-refractivity contribution is -0.355. The van der Waals surface area contributed by atoms with Crippen LogP contribution in [0.25, 0.3) is 0 Å². The lowest BCUT2D eigenvalue weighted by Gasteiger charge is -2.28. The van der Waals surface area contributed by atoms with E-state index in [0.717, 1.165) is 18.2 Å². The summed E-state index contributed by atoms with van der Waals surface area (Å²) in [6.07, 6.45) is -7.01. The number of carbonyl (C=O) groups is 1. The molecule has 2 nitrogen and oxygen atoms in total. The van der Waals surface area contributed by atoms with Crippen LogP contribution in [-0.4, -0.2) is 41.1 Å². The van der Waals surface area contributed by atoms with Gasteiger partial charge in [-0.3, -0.25) is 4.79 Å². The normalized spacial score (nSPS) is 14.7. The van der Waals surface area contributed by atoms with Gasteiger partial charge in [-0.2, -0.15) is 30.7 Å². The van der Waals surface area contributed by atoms with Crippen LogP contribution in [0.3, 0.4) is 0 Å². The second-order valence-electron chi connectivity index (χ2n) is 5.87. The van der Waals surface area contributed by atoms with E-state index in [2.05, 4.69) is 0 Å². The van der Waals surface area contributed by atoms with Crippen LogP contribution in [0.2, 0.25) is 0 Å². The van der Waals surface area contributed by atoms with Crippen molar-refractivity contribution in [3.05, 3.63) is 0 Å². The molecule has 0 bridgehead atoms. The van der Waals surface area contributed by atoms with Gasteiger partial charge in [-0.05, 0) is 32.4 Å². The molecule has 0 aromatic rings. The molecule has 0 radical (unpaired) electrons. The van der Waals surface area contributed by atoms with Crippen molar-refractivity contribution in [2.24, 2.45) is 0 Å². The summed E-state index contributed by atoms with van der Waals surface area (Å²) in [6.45, 7) is 5.16. The summed E-state index contributed by atoms with van der Waals surface area (Å²) < 4.78 is 93.1. The van der Waals surface area contributed by atoms with Gasteiger partial charge in [0.05, 0.1) is 6.10 Å². The summed E-state index contributed by atoms with van der Waals surface area (Å²) in [5, 5.41) is -0.654. The summed E-state index contributed by atoms with van der Waals surface area (Å²) in [4.78, 5) is 11.9. The van der Waals surface area contributed by atoms with Crippen molar-refractivity contribution in [2.45, 2.75) is 82.3 Å². The molecular weight excluding hydrogens is 377 g/mol. The summed E-state index contributed by atoms with van der Waals surface area (Å²) in [5.41, 5.74) is 0. The fourth-order valence-electron chi connectivity index (χ4n) is 1.85. The van der Waals surface area contributed by atoms with E-state index in [1.807, 2.05) is 6.92 Å². The van der Waals surface area contributed by atoms with Crippen LogP contribution in [0.4, 0.5) is 30.7 Å². The van der Waals surface area contributed by atoms with Gasteiger partial charge in [0, 0.05) is 6.42 Å². The first-order valence-corrected chi connectivity index (χ1v) is 8.95. The molecule has 0 aliphatic heterocycles. The van der Waals surface area contributed by atoms with Gasteiger partial charge in [-0.1, -0.05) is 19.8 Å². The SMILES string of the molecule is CCCCC(SCCCC(F)(F)C(F)(F)C(F)(F)F)C(=O)OC(C)C. The predicted octanol–water partition coefficient (Wildman–Crippen LogP) is 5.84. The predicted molar refractivity (Wildman–Crippen MR) is 82.2 cm³/mol. The number of alkyl halides is 7. The molecule has 1 unspecified atom stereocenters. The second-order valence-corrected chi connectivity index (χ2v) is 7.18. The number of esters is 1. The van der Waals surface area contributed by atoms with Gasteiger partial charge < -0.3 is 4.74 Å². The molecule has 0 rings (SSSR count). The van der Waals surface area contributed by atoms with Gasteiger partial charge in [0.15, 0.2) is 0 Å². The molecule has 0 aliphatic rings. The number of rotatable bonds is 11. The number of carbonyl (C=O) groups excluding carboxylic acids is 1. The fourth-order valence-corrected chi connectivity index (χ4v) is 2.97. The largest absolute Gasteiger partial charge is 0.462 e. The van der Waals surface area contributed by atoms with Crippen molar-refractivity contribution >= 4 is 17.7 Å². The van der Waals surface area contributed by atoms with E-state index >= 15 is 0 Å². The van der Waals surface area contributed by atoms with Gasteiger partial charge in [-0.15, -0.1) is 11.8 Å². The highest BCUT2D eigenvalue weighted by Gasteiger charge is 2.72.